The third-order valence-electron chi connectivity index (χ3n) is 4.09. The third kappa shape index (κ3) is 2.33. The first-order chi connectivity index (χ1) is 9.65. The summed E-state index contributed by atoms with van der Waals surface area (Å²) >= 11 is 0. The number of allylic oxidation sites excluding steroid dienone is 1. The van der Waals surface area contributed by atoms with Crippen LogP contribution in [0.25, 0.3) is 6.08 Å². The average molecular weight is 271 g/mol. The Morgan fingerprint density at radius 2 is 2.15 bits per heavy atom. The van der Waals surface area contributed by atoms with Crippen LogP contribution in [0, 0.1) is 5.92 Å². The highest BCUT2D eigenvalue weighted by atomic mass is 16.4. The summed E-state index contributed by atoms with van der Waals surface area (Å²) in [6.07, 6.45) is 6.75. The van der Waals surface area contributed by atoms with E-state index in [1.54, 1.807) is 4.90 Å². The number of hydrogen-bond acceptors (Lipinski definition) is 2. The third-order valence-corrected chi connectivity index (χ3v) is 4.09. The molecule has 0 aromatic heterocycles. The van der Waals surface area contributed by atoms with Crippen LogP contribution < -0.4 is 0 Å². The Labute approximate surface area is 117 Å². The first-order valence-corrected chi connectivity index (χ1v) is 6.96. The van der Waals surface area contributed by atoms with E-state index in [2.05, 4.69) is 12.2 Å². The van der Waals surface area contributed by atoms with E-state index in [-0.39, 0.29) is 5.91 Å². The predicted octanol–water partition coefficient (Wildman–Crippen LogP) is 2.19. The summed E-state index contributed by atoms with van der Waals surface area (Å²) in [6, 6.07) is 5.77. The largest absolute Gasteiger partial charge is 0.481 e. The Balaban J connectivity index is 1.78. The van der Waals surface area contributed by atoms with E-state index in [1.165, 1.54) is 11.1 Å². The molecule has 0 saturated carbocycles. The number of aryl methyl sites for hydroxylation is 1. The van der Waals surface area contributed by atoms with Gasteiger partial charge in [0.05, 0.1) is 5.92 Å². The van der Waals surface area contributed by atoms with Crippen LogP contribution in [0.4, 0.5) is 0 Å². The standard InChI is InChI=1S/C16H17NO3/c18-15(17-8-7-14(10-17)16(19)20)13-6-5-11-3-1-2-4-12(11)9-13/h1,3,5-6,9,14H,2,4,7-8,10H2,(H,19,20). The second-order valence-electron chi connectivity index (χ2n) is 5.43. The molecule has 1 saturated heterocycles. The summed E-state index contributed by atoms with van der Waals surface area (Å²) in [5.41, 5.74) is 3.05. The predicted molar refractivity (Wildman–Crippen MR) is 75.4 cm³/mol. The van der Waals surface area contributed by atoms with Crippen molar-refractivity contribution in [2.45, 2.75) is 19.3 Å². The Morgan fingerprint density at radius 3 is 2.90 bits per heavy atom. The van der Waals surface area contributed by atoms with E-state index in [4.69, 9.17) is 5.11 Å². The highest BCUT2D eigenvalue weighted by Crippen LogP contribution is 2.23. The number of carboxylic acid groups (broad SMARTS) is 1. The summed E-state index contributed by atoms with van der Waals surface area (Å²) in [5.74, 6) is -1.28. The van der Waals surface area contributed by atoms with Crippen molar-refractivity contribution in [3.63, 3.8) is 0 Å². The van der Waals surface area contributed by atoms with E-state index < -0.39 is 11.9 Å². The second-order valence-corrected chi connectivity index (χ2v) is 5.43. The minimum Gasteiger partial charge on any atom is -0.481 e. The molecule has 3 rings (SSSR count). The number of aliphatic carboxylic acids is 1. The zero-order valence-electron chi connectivity index (χ0n) is 11.2. The number of amides is 1. The van der Waals surface area contributed by atoms with Crippen molar-refractivity contribution in [3.8, 4) is 0 Å². The lowest BCUT2D eigenvalue weighted by Gasteiger charge is -2.18. The van der Waals surface area contributed by atoms with Gasteiger partial charge in [0.15, 0.2) is 0 Å². The number of carbonyl (C=O) groups is 2. The van der Waals surface area contributed by atoms with Crippen LogP contribution in [0.3, 0.4) is 0 Å². The Morgan fingerprint density at radius 1 is 1.30 bits per heavy atom. The van der Waals surface area contributed by atoms with Gasteiger partial charge in [0.1, 0.15) is 0 Å². The normalized spacial score (nSPS) is 20.8. The number of fused-ring (bicyclic) bond motifs is 1. The molecule has 1 aliphatic heterocycles. The van der Waals surface area contributed by atoms with Gasteiger partial charge in [-0.3, -0.25) is 9.59 Å². The molecule has 0 spiro atoms. The molecular formula is C16H17NO3. The quantitative estimate of drug-likeness (QED) is 0.897. The molecule has 2 aliphatic rings. The SMILES string of the molecule is O=C(O)C1CCN(C(=O)c2ccc3c(c2)CCC=C3)C1. The van der Waals surface area contributed by atoms with Gasteiger partial charge in [0.2, 0.25) is 0 Å². The molecule has 1 N–H and O–H groups in total. The molecule has 1 fully saturated rings. The highest BCUT2D eigenvalue weighted by molar-refractivity contribution is 5.95. The number of likely N-dealkylation sites (tertiary alicyclic amines) is 1. The minimum absolute atomic E-state index is 0.0499. The molecule has 4 heteroatoms. The summed E-state index contributed by atoms with van der Waals surface area (Å²) < 4.78 is 0. The molecule has 1 unspecified atom stereocenters. The Kier molecular flexibility index (Phi) is 3.30. The van der Waals surface area contributed by atoms with Gasteiger partial charge in [-0.1, -0.05) is 18.2 Å². The summed E-state index contributed by atoms with van der Waals surface area (Å²) in [7, 11) is 0. The van der Waals surface area contributed by atoms with Crippen LogP contribution in [0.1, 0.15) is 34.3 Å². The van der Waals surface area contributed by atoms with Crippen LogP contribution in [0.15, 0.2) is 24.3 Å². The number of rotatable bonds is 2. The lowest BCUT2D eigenvalue weighted by Crippen LogP contribution is -2.30. The summed E-state index contributed by atoms with van der Waals surface area (Å²) in [4.78, 5) is 25.0. The van der Waals surface area contributed by atoms with Gasteiger partial charge in [-0.2, -0.15) is 0 Å². The molecule has 104 valence electrons. The van der Waals surface area contributed by atoms with Crippen molar-refractivity contribution < 1.29 is 14.7 Å². The van der Waals surface area contributed by atoms with Gasteiger partial charge >= 0.3 is 5.97 Å². The molecule has 1 amide bonds. The van der Waals surface area contributed by atoms with E-state index >= 15 is 0 Å². The molecule has 0 bridgehead atoms. The molecule has 1 atom stereocenters. The molecule has 4 nitrogen and oxygen atoms in total. The van der Waals surface area contributed by atoms with Crippen LogP contribution in [-0.4, -0.2) is 35.0 Å². The van der Waals surface area contributed by atoms with Gasteiger partial charge in [0.25, 0.3) is 5.91 Å². The number of benzene rings is 1. The maximum atomic E-state index is 12.4. The lowest BCUT2D eigenvalue weighted by atomic mass is 9.95. The van der Waals surface area contributed by atoms with Gasteiger partial charge < -0.3 is 10.0 Å². The van der Waals surface area contributed by atoms with Gasteiger partial charge in [-0.15, -0.1) is 0 Å². The molecule has 1 aliphatic carbocycles. The van der Waals surface area contributed by atoms with Crippen molar-refractivity contribution in [1.82, 2.24) is 4.90 Å². The monoisotopic (exact) mass is 271 g/mol. The molecule has 0 radical (unpaired) electrons. The van der Waals surface area contributed by atoms with E-state index in [1.807, 2.05) is 18.2 Å². The number of carbonyl (C=O) groups excluding carboxylic acids is 1. The number of carboxylic acids is 1. The first kappa shape index (κ1) is 12.9. The number of hydrogen-bond donors (Lipinski definition) is 1. The van der Waals surface area contributed by atoms with Gasteiger partial charge in [-0.25, -0.2) is 0 Å². The zero-order valence-corrected chi connectivity index (χ0v) is 11.2. The highest BCUT2D eigenvalue weighted by Gasteiger charge is 2.31. The van der Waals surface area contributed by atoms with Crippen LogP contribution in [0.5, 0.6) is 0 Å². The molecular weight excluding hydrogens is 254 g/mol. The average Bonchev–Trinajstić information content (AvgIpc) is 2.96. The van der Waals surface area contributed by atoms with Gasteiger partial charge in [-0.05, 0) is 42.5 Å². The molecule has 20 heavy (non-hydrogen) atoms. The lowest BCUT2D eigenvalue weighted by molar-refractivity contribution is -0.141. The molecule has 1 aromatic rings. The fourth-order valence-electron chi connectivity index (χ4n) is 2.90. The Bertz CT molecular complexity index is 591. The van der Waals surface area contributed by atoms with Crippen LogP contribution in [0.2, 0.25) is 0 Å². The van der Waals surface area contributed by atoms with Crippen molar-refractivity contribution >= 4 is 18.0 Å². The fraction of sp³-hybridized carbons (Fsp3) is 0.375. The molecule has 1 aromatic carbocycles. The first-order valence-electron chi connectivity index (χ1n) is 6.96. The zero-order chi connectivity index (χ0) is 14.1. The van der Waals surface area contributed by atoms with E-state index in [0.29, 0.717) is 25.1 Å². The minimum atomic E-state index is -0.809. The topological polar surface area (TPSA) is 57.6 Å². The van der Waals surface area contributed by atoms with Crippen molar-refractivity contribution in [2.24, 2.45) is 5.92 Å². The van der Waals surface area contributed by atoms with Gasteiger partial charge in [0, 0.05) is 18.7 Å². The fourth-order valence-corrected chi connectivity index (χ4v) is 2.90. The number of nitrogens with zero attached hydrogens (tertiary/aromatic N) is 1. The van der Waals surface area contributed by atoms with E-state index in [0.717, 1.165) is 12.8 Å². The van der Waals surface area contributed by atoms with Crippen LogP contribution in [-0.2, 0) is 11.2 Å². The van der Waals surface area contributed by atoms with E-state index in [9.17, 15) is 9.59 Å². The van der Waals surface area contributed by atoms with Crippen molar-refractivity contribution in [3.05, 3.63) is 41.0 Å². The van der Waals surface area contributed by atoms with Crippen LogP contribution >= 0.6 is 0 Å². The maximum Gasteiger partial charge on any atom is 0.308 e. The van der Waals surface area contributed by atoms with Crippen molar-refractivity contribution in [2.75, 3.05) is 13.1 Å². The van der Waals surface area contributed by atoms with Crippen molar-refractivity contribution in [1.29, 1.82) is 0 Å². The summed E-state index contributed by atoms with van der Waals surface area (Å²) in [5, 5.41) is 9.00. The second kappa shape index (κ2) is 5.12. The summed E-state index contributed by atoms with van der Waals surface area (Å²) in [6.45, 7) is 0.859. The maximum absolute atomic E-state index is 12.4. The molecule has 1 heterocycles. The smallest absolute Gasteiger partial charge is 0.308 e. The Hall–Kier alpha value is -2.10.